The molecule has 0 fully saturated rings. The molecule has 1 unspecified atom stereocenters. The van der Waals surface area contributed by atoms with Crippen LogP contribution < -0.4 is 5.32 Å². The maximum Gasteiger partial charge on any atom is 0.137 e. The van der Waals surface area contributed by atoms with Gasteiger partial charge in [0.2, 0.25) is 0 Å². The van der Waals surface area contributed by atoms with Crippen molar-refractivity contribution in [2.24, 2.45) is 0 Å². The summed E-state index contributed by atoms with van der Waals surface area (Å²) in [6, 6.07) is 9.12. The second kappa shape index (κ2) is 7.04. The lowest BCUT2D eigenvalue weighted by Crippen LogP contribution is -2.24. The van der Waals surface area contributed by atoms with E-state index in [-0.39, 0.29) is 11.9 Å². The summed E-state index contributed by atoms with van der Waals surface area (Å²) in [4.78, 5) is 0. The molecular weight excluding hydrogens is 321 g/mol. The lowest BCUT2D eigenvalue weighted by Gasteiger charge is -2.17. The molecule has 0 bridgehead atoms. The quantitative estimate of drug-likeness (QED) is 0.819. The first-order valence-corrected chi connectivity index (χ1v) is 7.63. The van der Waals surface area contributed by atoms with Gasteiger partial charge >= 0.3 is 0 Å². The summed E-state index contributed by atoms with van der Waals surface area (Å²) < 4.78 is 19.8. The van der Waals surface area contributed by atoms with E-state index in [4.69, 9.17) is 4.42 Å². The highest BCUT2D eigenvalue weighted by atomic mass is 79.9. The van der Waals surface area contributed by atoms with Gasteiger partial charge in [-0.15, -0.1) is 0 Å². The first-order valence-electron chi connectivity index (χ1n) is 6.84. The minimum atomic E-state index is -0.229. The monoisotopic (exact) mass is 339 g/mol. The van der Waals surface area contributed by atoms with Crippen molar-refractivity contribution in [2.45, 2.75) is 32.7 Å². The Morgan fingerprint density at radius 1 is 1.30 bits per heavy atom. The summed E-state index contributed by atoms with van der Waals surface area (Å²) in [5.74, 6) is 1.56. The van der Waals surface area contributed by atoms with Crippen molar-refractivity contribution < 1.29 is 8.81 Å². The van der Waals surface area contributed by atoms with Gasteiger partial charge in [0.05, 0.1) is 10.5 Å². The summed E-state index contributed by atoms with van der Waals surface area (Å²) in [5.41, 5.74) is 0.938. The normalized spacial score (nSPS) is 12.6. The number of halogens is 2. The van der Waals surface area contributed by atoms with Crippen LogP contribution >= 0.6 is 15.9 Å². The van der Waals surface area contributed by atoms with Gasteiger partial charge in [-0.25, -0.2) is 4.39 Å². The number of hydrogen-bond acceptors (Lipinski definition) is 2. The molecule has 108 valence electrons. The van der Waals surface area contributed by atoms with E-state index in [1.807, 2.05) is 25.1 Å². The third-order valence-electron chi connectivity index (χ3n) is 3.20. The predicted octanol–water partition coefficient (Wildman–Crippen LogP) is 4.77. The van der Waals surface area contributed by atoms with Crippen molar-refractivity contribution >= 4 is 15.9 Å². The van der Waals surface area contributed by atoms with E-state index in [0.29, 0.717) is 10.9 Å². The molecule has 0 saturated carbocycles. The molecule has 0 aliphatic carbocycles. The van der Waals surface area contributed by atoms with Crippen LogP contribution in [0, 0.1) is 12.7 Å². The molecule has 1 N–H and O–H groups in total. The Morgan fingerprint density at radius 2 is 2.10 bits per heavy atom. The highest BCUT2D eigenvalue weighted by Gasteiger charge is 2.17. The van der Waals surface area contributed by atoms with Crippen LogP contribution in [-0.4, -0.2) is 6.54 Å². The van der Waals surface area contributed by atoms with E-state index in [2.05, 4.69) is 28.2 Å². The minimum Gasteiger partial charge on any atom is -0.465 e. The van der Waals surface area contributed by atoms with E-state index in [1.165, 1.54) is 6.07 Å². The molecular formula is C16H19BrFNO. The second-order valence-corrected chi connectivity index (χ2v) is 5.67. The number of hydrogen-bond donors (Lipinski definition) is 1. The van der Waals surface area contributed by atoms with Gasteiger partial charge in [0.15, 0.2) is 0 Å². The fraction of sp³-hybridized carbons (Fsp3) is 0.375. The molecule has 2 aromatic rings. The van der Waals surface area contributed by atoms with Crippen LogP contribution in [-0.2, 0) is 6.42 Å². The predicted molar refractivity (Wildman–Crippen MR) is 82.3 cm³/mol. The minimum absolute atomic E-state index is 0.0572. The van der Waals surface area contributed by atoms with E-state index in [1.54, 1.807) is 6.07 Å². The second-order valence-electron chi connectivity index (χ2n) is 4.87. The molecule has 4 heteroatoms. The van der Waals surface area contributed by atoms with Crippen molar-refractivity contribution in [3.63, 3.8) is 0 Å². The van der Waals surface area contributed by atoms with Gasteiger partial charge in [0.1, 0.15) is 17.3 Å². The van der Waals surface area contributed by atoms with Gasteiger partial charge in [-0.1, -0.05) is 19.1 Å². The van der Waals surface area contributed by atoms with Gasteiger partial charge in [-0.05, 0) is 66.0 Å². The summed E-state index contributed by atoms with van der Waals surface area (Å²) in [6.07, 6.45) is 1.73. The summed E-state index contributed by atoms with van der Waals surface area (Å²) in [5, 5.41) is 3.46. The van der Waals surface area contributed by atoms with Gasteiger partial charge < -0.3 is 9.73 Å². The third-order valence-corrected chi connectivity index (χ3v) is 4.09. The lowest BCUT2D eigenvalue weighted by molar-refractivity contribution is 0.398. The SMILES string of the molecule is CCCNC(Cc1cccc(F)c1Br)c1ccc(C)o1. The summed E-state index contributed by atoms with van der Waals surface area (Å²) in [6.45, 7) is 4.95. The Morgan fingerprint density at radius 3 is 2.75 bits per heavy atom. The Bertz CT molecular complexity index is 567. The molecule has 2 nitrogen and oxygen atoms in total. The highest BCUT2D eigenvalue weighted by molar-refractivity contribution is 9.10. The first-order chi connectivity index (χ1) is 9.61. The highest BCUT2D eigenvalue weighted by Crippen LogP contribution is 2.27. The zero-order chi connectivity index (χ0) is 14.5. The molecule has 0 aliphatic rings. The van der Waals surface area contributed by atoms with Crippen LogP contribution in [0.3, 0.4) is 0 Å². The molecule has 0 amide bonds. The molecule has 1 aromatic carbocycles. The van der Waals surface area contributed by atoms with Gasteiger partial charge in [0, 0.05) is 0 Å². The van der Waals surface area contributed by atoms with E-state index >= 15 is 0 Å². The molecule has 2 rings (SSSR count). The molecule has 1 heterocycles. The summed E-state index contributed by atoms with van der Waals surface area (Å²) in [7, 11) is 0. The average molecular weight is 340 g/mol. The third kappa shape index (κ3) is 3.70. The van der Waals surface area contributed by atoms with Crippen LogP contribution in [0.4, 0.5) is 4.39 Å². The van der Waals surface area contributed by atoms with Crippen molar-refractivity contribution in [3.8, 4) is 0 Å². The number of nitrogens with one attached hydrogen (secondary N) is 1. The number of furan rings is 1. The van der Waals surface area contributed by atoms with E-state index in [9.17, 15) is 4.39 Å². The molecule has 20 heavy (non-hydrogen) atoms. The maximum absolute atomic E-state index is 13.6. The van der Waals surface area contributed by atoms with E-state index < -0.39 is 0 Å². The Balaban J connectivity index is 2.21. The van der Waals surface area contributed by atoms with Crippen LogP contribution in [0.1, 0.15) is 36.5 Å². The topological polar surface area (TPSA) is 25.2 Å². The molecule has 0 radical (unpaired) electrons. The standard InChI is InChI=1S/C16H19BrFNO/c1-3-9-19-14(15-8-7-11(2)20-15)10-12-5-4-6-13(18)16(12)17/h4-8,14,19H,3,9-10H2,1-2H3. The van der Waals surface area contributed by atoms with Gasteiger partial charge in [0.25, 0.3) is 0 Å². The van der Waals surface area contributed by atoms with Crippen LogP contribution in [0.5, 0.6) is 0 Å². The first kappa shape index (κ1) is 15.3. The molecule has 0 saturated heterocycles. The van der Waals surface area contributed by atoms with Crippen LogP contribution in [0.15, 0.2) is 39.2 Å². The summed E-state index contributed by atoms with van der Waals surface area (Å²) >= 11 is 3.32. The lowest BCUT2D eigenvalue weighted by atomic mass is 10.0. The van der Waals surface area contributed by atoms with E-state index in [0.717, 1.165) is 30.0 Å². The van der Waals surface area contributed by atoms with Crippen LogP contribution in [0.2, 0.25) is 0 Å². The fourth-order valence-electron chi connectivity index (χ4n) is 2.16. The smallest absolute Gasteiger partial charge is 0.137 e. The van der Waals surface area contributed by atoms with Gasteiger partial charge in [-0.3, -0.25) is 0 Å². The Kier molecular flexibility index (Phi) is 5.38. The molecule has 1 atom stereocenters. The van der Waals surface area contributed by atoms with Crippen LogP contribution in [0.25, 0.3) is 0 Å². The number of aryl methyl sites for hydroxylation is 1. The number of benzene rings is 1. The maximum atomic E-state index is 13.6. The zero-order valence-electron chi connectivity index (χ0n) is 11.7. The largest absolute Gasteiger partial charge is 0.465 e. The van der Waals surface area contributed by atoms with Crippen molar-refractivity contribution in [3.05, 3.63) is 57.7 Å². The van der Waals surface area contributed by atoms with Crippen molar-refractivity contribution in [1.82, 2.24) is 5.32 Å². The molecule has 1 aromatic heterocycles. The van der Waals surface area contributed by atoms with Crippen molar-refractivity contribution in [2.75, 3.05) is 6.54 Å². The van der Waals surface area contributed by atoms with Crippen molar-refractivity contribution in [1.29, 1.82) is 0 Å². The number of rotatable bonds is 6. The molecule has 0 aliphatic heterocycles. The molecule has 0 spiro atoms. The average Bonchev–Trinajstić information content (AvgIpc) is 2.86. The Hall–Kier alpha value is -1.13. The zero-order valence-corrected chi connectivity index (χ0v) is 13.3. The Labute approximate surface area is 127 Å². The fourth-order valence-corrected chi connectivity index (χ4v) is 2.58. The van der Waals surface area contributed by atoms with Gasteiger partial charge in [-0.2, -0.15) is 0 Å².